The van der Waals surface area contributed by atoms with Gasteiger partial charge in [0.15, 0.2) is 23.0 Å². The summed E-state index contributed by atoms with van der Waals surface area (Å²) in [6.07, 6.45) is 9.76. The van der Waals surface area contributed by atoms with Gasteiger partial charge < -0.3 is 24.4 Å². The third-order valence-corrected chi connectivity index (χ3v) is 7.93. The van der Waals surface area contributed by atoms with Crippen molar-refractivity contribution in [1.82, 2.24) is 0 Å². The number of aromatic hydroxyl groups is 2. The Bertz CT molecular complexity index is 1180. The number of hydrogen-bond donors (Lipinski definition) is 2. The van der Waals surface area contributed by atoms with Gasteiger partial charge in [0.2, 0.25) is 0 Å². The number of aryl methyl sites for hydroxylation is 1. The third kappa shape index (κ3) is 6.50. The predicted molar refractivity (Wildman–Crippen MR) is 145 cm³/mol. The molecule has 38 heavy (non-hydrogen) atoms. The molecular formula is C31H38O7. The molecule has 0 bridgehead atoms. The summed E-state index contributed by atoms with van der Waals surface area (Å²) in [5.41, 5.74) is 2.87. The normalized spacial score (nSPS) is 21.0. The summed E-state index contributed by atoms with van der Waals surface area (Å²) in [5.74, 6) is 1.28. The van der Waals surface area contributed by atoms with Crippen molar-refractivity contribution in [3.63, 3.8) is 0 Å². The largest absolute Gasteiger partial charge is 0.504 e. The van der Waals surface area contributed by atoms with Crippen LogP contribution in [0.3, 0.4) is 0 Å². The van der Waals surface area contributed by atoms with Gasteiger partial charge in [-0.15, -0.1) is 0 Å². The zero-order valence-electron chi connectivity index (χ0n) is 22.4. The van der Waals surface area contributed by atoms with E-state index in [1.165, 1.54) is 27.6 Å². The molecule has 2 aromatic rings. The maximum absolute atomic E-state index is 13.5. The number of ether oxygens (including phenoxy) is 3. The Kier molecular flexibility index (Phi) is 8.97. The number of hydrogen-bond acceptors (Lipinski definition) is 7. The molecule has 2 aromatic carbocycles. The topological polar surface area (TPSA) is 102 Å². The van der Waals surface area contributed by atoms with Crippen molar-refractivity contribution in [1.29, 1.82) is 0 Å². The third-order valence-electron chi connectivity index (χ3n) is 7.93. The minimum Gasteiger partial charge on any atom is -0.504 e. The van der Waals surface area contributed by atoms with E-state index < -0.39 is 12.1 Å². The quantitative estimate of drug-likeness (QED) is 0.372. The van der Waals surface area contributed by atoms with Crippen LogP contribution in [0.2, 0.25) is 0 Å². The number of methoxy groups -OCH3 is 2. The van der Waals surface area contributed by atoms with E-state index in [0.717, 1.165) is 36.0 Å². The van der Waals surface area contributed by atoms with Gasteiger partial charge in [-0.2, -0.15) is 0 Å². The number of ketones is 1. The number of Topliss-reactive ketones (excluding diaryl/α,β-unsaturated/α-hetero) is 1. The second-order valence-electron chi connectivity index (χ2n) is 10.5. The maximum Gasteiger partial charge on any atom is 0.302 e. The van der Waals surface area contributed by atoms with Crippen LogP contribution < -0.4 is 9.47 Å². The Morgan fingerprint density at radius 2 is 1.74 bits per heavy atom. The number of phenols is 2. The number of fused-ring (bicyclic) bond motifs is 2. The van der Waals surface area contributed by atoms with Crippen molar-refractivity contribution in [2.45, 2.75) is 70.3 Å². The standard InChI is InChI=1S/C31H38O7/c1-19(32)38-24(12-8-20-9-13-28(34)30(14-20)36-2)16-23(33)17-27-25-7-5-4-6-21(25)10-11-22-15-29(35)31(37-3)18-26(22)27/h9-11,13-15,18,21,24-25,27,34-35H,4-8,12,16-17H2,1-3H3/t21-,24-,25+,27-/m1/s1. The highest BCUT2D eigenvalue weighted by atomic mass is 16.5. The second-order valence-corrected chi connectivity index (χ2v) is 10.5. The number of benzene rings is 2. The highest BCUT2D eigenvalue weighted by molar-refractivity contribution is 5.81. The number of rotatable bonds is 10. The first-order valence-electron chi connectivity index (χ1n) is 13.4. The van der Waals surface area contributed by atoms with Gasteiger partial charge in [-0.3, -0.25) is 9.59 Å². The summed E-state index contributed by atoms with van der Waals surface area (Å²) in [6.45, 7) is 1.36. The lowest BCUT2D eigenvalue weighted by molar-refractivity contribution is -0.147. The van der Waals surface area contributed by atoms with Crippen LogP contribution >= 0.6 is 0 Å². The van der Waals surface area contributed by atoms with Crippen LogP contribution in [-0.4, -0.2) is 42.3 Å². The molecule has 2 aliphatic carbocycles. The molecule has 7 nitrogen and oxygen atoms in total. The molecule has 0 radical (unpaired) electrons. The van der Waals surface area contributed by atoms with Gasteiger partial charge >= 0.3 is 5.97 Å². The summed E-state index contributed by atoms with van der Waals surface area (Å²) in [7, 11) is 3.03. The Morgan fingerprint density at radius 1 is 1.00 bits per heavy atom. The van der Waals surface area contributed by atoms with Crippen LogP contribution in [0.15, 0.2) is 36.4 Å². The van der Waals surface area contributed by atoms with Crippen molar-refractivity contribution < 1.29 is 34.0 Å². The fourth-order valence-electron chi connectivity index (χ4n) is 6.10. The smallest absolute Gasteiger partial charge is 0.302 e. The monoisotopic (exact) mass is 522 g/mol. The first kappa shape index (κ1) is 27.6. The van der Waals surface area contributed by atoms with E-state index >= 15 is 0 Å². The molecular weight excluding hydrogens is 484 g/mol. The summed E-state index contributed by atoms with van der Waals surface area (Å²) in [6, 6.07) is 8.73. The van der Waals surface area contributed by atoms with Crippen molar-refractivity contribution in [2.24, 2.45) is 11.8 Å². The lowest BCUT2D eigenvalue weighted by Crippen LogP contribution is -2.27. The van der Waals surface area contributed by atoms with E-state index in [-0.39, 0.29) is 29.6 Å². The van der Waals surface area contributed by atoms with Crippen LogP contribution in [0.5, 0.6) is 23.0 Å². The van der Waals surface area contributed by atoms with E-state index in [0.29, 0.717) is 42.6 Å². The molecule has 2 aliphatic rings. The van der Waals surface area contributed by atoms with Gasteiger partial charge in [-0.25, -0.2) is 0 Å². The molecule has 1 saturated carbocycles. The second kappa shape index (κ2) is 12.4. The van der Waals surface area contributed by atoms with E-state index in [2.05, 4.69) is 12.2 Å². The van der Waals surface area contributed by atoms with Crippen molar-refractivity contribution in [2.75, 3.05) is 14.2 Å². The molecule has 4 rings (SSSR count). The molecule has 204 valence electrons. The molecule has 7 heteroatoms. The Hall–Kier alpha value is -3.48. The van der Waals surface area contributed by atoms with E-state index in [1.54, 1.807) is 24.3 Å². The van der Waals surface area contributed by atoms with Gasteiger partial charge in [-0.1, -0.05) is 31.1 Å². The zero-order chi connectivity index (χ0) is 27.2. The Balaban J connectivity index is 1.52. The van der Waals surface area contributed by atoms with Crippen molar-refractivity contribution >= 4 is 17.8 Å². The van der Waals surface area contributed by atoms with Crippen LogP contribution in [0, 0.1) is 11.8 Å². The fraction of sp³-hybridized carbons (Fsp3) is 0.484. The highest BCUT2D eigenvalue weighted by Gasteiger charge is 2.36. The highest BCUT2D eigenvalue weighted by Crippen LogP contribution is 2.48. The maximum atomic E-state index is 13.5. The molecule has 0 unspecified atom stereocenters. The first-order chi connectivity index (χ1) is 18.3. The Labute approximate surface area is 224 Å². The van der Waals surface area contributed by atoms with E-state index in [4.69, 9.17) is 14.2 Å². The van der Waals surface area contributed by atoms with E-state index in [9.17, 15) is 19.8 Å². The van der Waals surface area contributed by atoms with E-state index in [1.807, 2.05) is 6.07 Å². The number of carbonyl (C=O) groups is 2. The molecule has 0 spiro atoms. The summed E-state index contributed by atoms with van der Waals surface area (Å²) in [4.78, 5) is 25.4. The molecule has 2 N–H and O–H groups in total. The zero-order valence-corrected chi connectivity index (χ0v) is 22.4. The van der Waals surface area contributed by atoms with Gasteiger partial charge in [-0.05, 0) is 84.4 Å². The summed E-state index contributed by atoms with van der Waals surface area (Å²) < 4.78 is 16.2. The predicted octanol–water partition coefficient (Wildman–Crippen LogP) is 5.95. The van der Waals surface area contributed by atoms with Gasteiger partial charge in [0.05, 0.1) is 14.2 Å². The van der Waals surface area contributed by atoms with Crippen molar-refractivity contribution in [3.05, 3.63) is 53.1 Å². The number of phenolic OH excluding ortho intramolecular Hbond substituents is 2. The molecule has 0 heterocycles. The molecule has 0 amide bonds. The van der Waals surface area contributed by atoms with Gasteiger partial charge in [0.25, 0.3) is 0 Å². The molecule has 1 fully saturated rings. The minimum absolute atomic E-state index is 0.00774. The number of carbonyl (C=O) groups excluding carboxylic acids is 2. The number of allylic oxidation sites excluding steroid dienone is 1. The van der Waals surface area contributed by atoms with Crippen LogP contribution in [0.4, 0.5) is 0 Å². The minimum atomic E-state index is -0.542. The van der Waals surface area contributed by atoms with Crippen LogP contribution in [-0.2, 0) is 20.7 Å². The SMILES string of the molecule is COc1cc(CC[C@H](CC(=O)C[C@H]2c3cc(OC)c(O)cc3C=C[C@H]3CCCC[C@@H]32)OC(C)=O)ccc1O. The lowest BCUT2D eigenvalue weighted by atomic mass is 9.69. The Morgan fingerprint density at radius 3 is 2.47 bits per heavy atom. The first-order valence-corrected chi connectivity index (χ1v) is 13.4. The fourth-order valence-corrected chi connectivity index (χ4v) is 6.10. The average molecular weight is 523 g/mol. The van der Waals surface area contributed by atoms with Crippen molar-refractivity contribution in [3.8, 4) is 23.0 Å². The summed E-state index contributed by atoms with van der Waals surface area (Å²) >= 11 is 0. The number of esters is 1. The van der Waals surface area contributed by atoms with Crippen LogP contribution in [0.1, 0.15) is 74.5 Å². The van der Waals surface area contributed by atoms with Crippen LogP contribution in [0.25, 0.3) is 6.08 Å². The lowest BCUT2D eigenvalue weighted by Gasteiger charge is -2.35. The summed E-state index contributed by atoms with van der Waals surface area (Å²) in [5, 5.41) is 20.3. The molecule has 0 saturated heterocycles. The molecule has 0 aliphatic heterocycles. The molecule has 0 aromatic heterocycles. The van der Waals surface area contributed by atoms with Gasteiger partial charge in [0.1, 0.15) is 11.9 Å². The van der Waals surface area contributed by atoms with Gasteiger partial charge in [0, 0.05) is 19.8 Å². The molecule has 4 atom stereocenters. The average Bonchev–Trinajstić information content (AvgIpc) is 3.04.